The molecule has 9 heteroatoms. The SMILES string of the molecule is C[C@H](NC(=O)c1ccc(Cl)c(Cl)c1)C(=O)N[C@@H]1CCN(Cc2ccc(Cl)c(Cl)c2)C1. The van der Waals surface area contributed by atoms with Crippen LogP contribution in [0.15, 0.2) is 36.4 Å². The van der Waals surface area contributed by atoms with E-state index in [1.807, 2.05) is 12.1 Å². The van der Waals surface area contributed by atoms with Crippen molar-refractivity contribution in [1.82, 2.24) is 15.5 Å². The van der Waals surface area contributed by atoms with Crippen molar-refractivity contribution < 1.29 is 9.59 Å². The highest BCUT2D eigenvalue weighted by atomic mass is 35.5. The number of halogens is 4. The van der Waals surface area contributed by atoms with Crippen LogP contribution in [0.4, 0.5) is 0 Å². The Morgan fingerprint density at radius 2 is 1.70 bits per heavy atom. The summed E-state index contributed by atoms with van der Waals surface area (Å²) in [6.45, 7) is 3.95. The maximum absolute atomic E-state index is 12.5. The lowest BCUT2D eigenvalue weighted by molar-refractivity contribution is -0.123. The van der Waals surface area contributed by atoms with Gasteiger partial charge in [-0.2, -0.15) is 0 Å². The molecule has 0 saturated carbocycles. The zero-order valence-corrected chi connectivity index (χ0v) is 19.2. The van der Waals surface area contributed by atoms with E-state index < -0.39 is 6.04 Å². The van der Waals surface area contributed by atoms with Crippen molar-refractivity contribution in [2.45, 2.75) is 32.0 Å². The Labute approximate surface area is 195 Å². The van der Waals surface area contributed by atoms with Gasteiger partial charge in [0, 0.05) is 31.2 Å². The van der Waals surface area contributed by atoms with Crippen LogP contribution in [-0.2, 0) is 11.3 Å². The first-order valence-electron chi connectivity index (χ1n) is 9.45. The van der Waals surface area contributed by atoms with E-state index in [0.29, 0.717) is 20.6 Å². The Kier molecular flexibility index (Phi) is 7.88. The largest absolute Gasteiger partial charge is 0.350 e. The molecular weight excluding hydrogens is 468 g/mol. The van der Waals surface area contributed by atoms with Crippen LogP contribution in [0.5, 0.6) is 0 Å². The molecule has 0 spiro atoms. The molecule has 1 heterocycles. The van der Waals surface area contributed by atoms with Gasteiger partial charge in [-0.15, -0.1) is 0 Å². The van der Waals surface area contributed by atoms with Gasteiger partial charge in [0.2, 0.25) is 5.91 Å². The molecule has 2 atom stereocenters. The smallest absolute Gasteiger partial charge is 0.251 e. The second kappa shape index (κ2) is 10.2. The minimum Gasteiger partial charge on any atom is -0.350 e. The van der Waals surface area contributed by atoms with Crippen LogP contribution < -0.4 is 10.6 Å². The molecule has 2 N–H and O–H groups in total. The lowest BCUT2D eigenvalue weighted by Gasteiger charge is -2.19. The van der Waals surface area contributed by atoms with E-state index >= 15 is 0 Å². The van der Waals surface area contributed by atoms with Crippen molar-refractivity contribution in [2.75, 3.05) is 13.1 Å². The topological polar surface area (TPSA) is 61.4 Å². The number of rotatable bonds is 6. The Balaban J connectivity index is 1.48. The quantitative estimate of drug-likeness (QED) is 0.613. The van der Waals surface area contributed by atoms with E-state index in [1.54, 1.807) is 25.1 Å². The molecule has 1 aliphatic rings. The summed E-state index contributed by atoms with van der Waals surface area (Å²) >= 11 is 23.9. The first-order valence-corrected chi connectivity index (χ1v) is 11.0. The summed E-state index contributed by atoms with van der Waals surface area (Å²) < 4.78 is 0. The second-order valence-electron chi connectivity index (χ2n) is 7.30. The number of nitrogens with zero attached hydrogens (tertiary/aromatic N) is 1. The minimum absolute atomic E-state index is 0.0181. The fourth-order valence-corrected chi connectivity index (χ4v) is 3.92. The summed E-state index contributed by atoms with van der Waals surface area (Å²) in [4.78, 5) is 27.1. The van der Waals surface area contributed by atoms with Crippen LogP contribution >= 0.6 is 46.4 Å². The lowest BCUT2D eigenvalue weighted by atomic mass is 10.2. The molecule has 0 unspecified atom stereocenters. The molecule has 2 aromatic carbocycles. The maximum atomic E-state index is 12.5. The van der Waals surface area contributed by atoms with Gasteiger partial charge in [-0.05, 0) is 49.2 Å². The standard InChI is InChI=1S/C21H21Cl4N3O2/c1-12(26-21(30)14-3-5-17(23)19(25)9-14)20(29)27-15-6-7-28(11-15)10-13-2-4-16(22)18(24)8-13/h2-5,8-9,12,15H,6-7,10-11H2,1H3,(H,26,30)(H,27,29)/t12-,15+/m0/s1. The molecular formula is C21H21Cl4N3O2. The lowest BCUT2D eigenvalue weighted by Crippen LogP contribution is -2.48. The zero-order chi connectivity index (χ0) is 21.8. The average molecular weight is 489 g/mol. The minimum atomic E-state index is -0.684. The van der Waals surface area contributed by atoms with Gasteiger partial charge in [-0.3, -0.25) is 14.5 Å². The van der Waals surface area contributed by atoms with Crippen molar-refractivity contribution >= 4 is 58.2 Å². The highest BCUT2D eigenvalue weighted by Gasteiger charge is 2.26. The molecule has 0 aromatic heterocycles. The van der Waals surface area contributed by atoms with Crippen LogP contribution in [0.25, 0.3) is 0 Å². The number of nitrogens with one attached hydrogen (secondary N) is 2. The van der Waals surface area contributed by atoms with Gasteiger partial charge in [-0.1, -0.05) is 52.5 Å². The van der Waals surface area contributed by atoms with Gasteiger partial charge in [0.15, 0.2) is 0 Å². The molecule has 0 aliphatic carbocycles. The molecule has 30 heavy (non-hydrogen) atoms. The van der Waals surface area contributed by atoms with Crippen molar-refractivity contribution in [3.05, 3.63) is 67.6 Å². The predicted molar refractivity (Wildman–Crippen MR) is 122 cm³/mol. The third-order valence-corrected chi connectivity index (χ3v) is 6.41. The van der Waals surface area contributed by atoms with E-state index in [0.717, 1.165) is 31.6 Å². The number of hydrogen-bond donors (Lipinski definition) is 2. The molecule has 1 aliphatic heterocycles. The highest BCUT2D eigenvalue weighted by Crippen LogP contribution is 2.24. The number of benzene rings is 2. The van der Waals surface area contributed by atoms with Gasteiger partial charge in [0.1, 0.15) is 6.04 Å². The Morgan fingerprint density at radius 1 is 1.03 bits per heavy atom. The van der Waals surface area contributed by atoms with E-state index in [-0.39, 0.29) is 22.9 Å². The number of hydrogen-bond acceptors (Lipinski definition) is 3. The van der Waals surface area contributed by atoms with E-state index in [2.05, 4.69) is 15.5 Å². The molecule has 1 fully saturated rings. The van der Waals surface area contributed by atoms with E-state index in [9.17, 15) is 9.59 Å². The fourth-order valence-electron chi connectivity index (χ4n) is 3.30. The molecule has 160 valence electrons. The molecule has 1 saturated heterocycles. The number of carbonyl (C=O) groups excluding carboxylic acids is 2. The summed E-state index contributed by atoms with van der Waals surface area (Å²) in [6.07, 6.45) is 0.834. The summed E-state index contributed by atoms with van der Waals surface area (Å²) in [7, 11) is 0. The summed E-state index contributed by atoms with van der Waals surface area (Å²) in [5.74, 6) is -0.617. The first kappa shape index (κ1) is 23.2. The molecule has 5 nitrogen and oxygen atoms in total. The van der Waals surface area contributed by atoms with E-state index in [4.69, 9.17) is 46.4 Å². The Hall–Kier alpha value is -1.50. The average Bonchev–Trinajstić information content (AvgIpc) is 3.13. The predicted octanol–water partition coefficient (Wildman–Crippen LogP) is 4.81. The monoisotopic (exact) mass is 487 g/mol. The maximum Gasteiger partial charge on any atom is 0.251 e. The summed E-state index contributed by atoms with van der Waals surface area (Å²) in [5, 5.41) is 7.40. The van der Waals surface area contributed by atoms with Gasteiger partial charge in [0.05, 0.1) is 20.1 Å². The molecule has 2 aromatic rings. The van der Waals surface area contributed by atoms with Crippen LogP contribution in [0.1, 0.15) is 29.3 Å². The number of likely N-dealkylation sites (tertiary alicyclic amines) is 1. The molecule has 2 amide bonds. The Bertz CT molecular complexity index is 954. The van der Waals surface area contributed by atoms with E-state index in [1.165, 1.54) is 6.07 Å². The van der Waals surface area contributed by atoms with Crippen molar-refractivity contribution in [2.24, 2.45) is 0 Å². The normalized spacial score (nSPS) is 17.6. The Morgan fingerprint density at radius 3 is 2.37 bits per heavy atom. The fraction of sp³-hybridized carbons (Fsp3) is 0.333. The molecule has 3 rings (SSSR count). The third-order valence-electron chi connectivity index (χ3n) is 4.93. The zero-order valence-electron chi connectivity index (χ0n) is 16.2. The highest BCUT2D eigenvalue weighted by molar-refractivity contribution is 6.42. The van der Waals surface area contributed by atoms with Crippen LogP contribution in [-0.4, -0.2) is 41.9 Å². The summed E-state index contributed by atoms with van der Waals surface area (Å²) in [5.41, 5.74) is 1.41. The van der Waals surface area contributed by atoms with Crippen molar-refractivity contribution in [3.63, 3.8) is 0 Å². The van der Waals surface area contributed by atoms with Crippen LogP contribution in [0.3, 0.4) is 0 Å². The third kappa shape index (κ3) is 6.02. The van der Waals surface area contributed by atoms with Gasteiger partial charge < -0.3 is 10.6 Å². The van der Waals surface area contributed by atoms with Crippen molar-refractivity contribution in [1.29, 1.82) is 0 Å². The summed E-state index contributed by atoms with van der Waals surface area (Å²) in [6, 6.07) is 9.50. The van der Waals surface area contributed by atoms with Gasteiger partial charge in [0.25, 0.3) is 5.91 Å². The first-order chi connectivity index (χ1) is 14.2. The van der Waals surface area contributed by atoms with Crippen LogP contribution in [0.2, 0.25) is 20.1 Å². The van der Waals surface area contributed by atoms with Crippen LogP contribution in [0, 0.1) is 0 Å². The van der Waals surface area contributed by atoms with Gasteiger partial charge >= 0.3 is 0 Å². The second-order valence-corrected chi connectivity index (χ2v) is 8.93. The molecule has 0 radical (unpaired) electrons. The van der Waals surface area contributed by atoms with Crippen molar-refractivity contribution in [3.8, 4) is 0 Å². The van der Waals surface area contributed by atoms with Gasteiger partial charge in [-0.25, -0.2) is 0 Å². The number of amides is 2. The molecule has 0 bridgehead atoms. The number of carbonyl (C=O) groups is 2.